The second kappa shape index (κ2) is 7.20. The summed E-state index contributed by atoms with van der Waals surface area (Å²) in [5.74, 6) is -4.01. The average molecular weight is 402 g/mol. The van der Waals surface area contributed by atoms with Gasteiger partial charge < -0.3 is 20.9 Å². The summed E-state index contributed by atoms with van der Waals surface area (Å²) in [5.41, 5.74) is 3.23. The van der Waals surface area contributed by atoms with Gasteiger partial charge in [-0.2, -0.15) is 0 Å². The van der Waals surface area contributed by atoms with E-state index >= 15 is 0 Å². The number of alkyl halides is 2. The molecule has 7 nitrogen and oxygen atoms in total. The van der Waals surface area contributed by atoms with Crippen molar-refractivity contribution in [3.63, 3.8) is 0 Å². The SMILES string of the molecule is CN/C=C(\C=N)Nc1ncc(C)c(C2=CC3CCC(C2)N3C(=O)C2CC2(F)F)n1. The zero-order valence-electron chi connectivity index (χ0n) is 16.4. The first-order chi connectivity index (χ1) is 13.8. The first-order valence-electron chi connectivity index (χ1n) is 9.73. The summed E-state index contributed by atoms with van der Waals surface area (Å²) in [6, 6.07) is -0.212. The normalized spacial score (nSPS) is 27.3. The van der Waals surface area contributed by atoms with Crippen molar-refractivity contribution in [1.29, 1.82) is 5.41 Å². The molecular weight excluding hydrogens is 378 g/mol. The first kappa shape index (κ1) is 19.5. The predicted octanol–water partition coefficient (Wildman–Crippen LogP) is 2.71. The van der Waals surface area contributed by atoms with E-state index in [1.807, 2.05) is 13.0 Å². The van der Waals surface area contributed by atoms with E-state index in [1.54, 1.807) is 24.3 Å². The number of aromatic nitrogens is 2. The topological polar surface area (TPSA) is 94.0 Å². The molecule has 1 aromatic heterocycles. The lowest BCUT2D eigenvalue weighted by Gasteiger charge is -2.34. The highest BCUT2D eigenvalue weighted by molar-refractivity contribution is 5.85. The summed E-state index contributed by atoms with van der Waals surface area (Å²) in [6.45, 7) is 1.92. The highest BCUT2D eigenvalue weighted by Gasteiger charge is 2.63. The van der Waals surface area contributed by atoms with E-state index in [4.69, 9.17) is 5.41 Å². The molecule has 2 bridgehead atoms. The highest BCUT2D eigenvalue weighted by Crippen LogP contribution is 2.51. The van der Waals surface area contributed by atoms with Crippen LogP contribution in [-0.4, -0.2) is 52.0 Å². The number of hydrogen-bond donors (Lipinski definition) is 3. The summed E-state index contributed by atoms with van der Waals surface area (Å²) >= 11 is 0. The fourth-order valence-corrected chi connectivity index (χ4v) is 4.24. The molecular formula is C20H24F2N6O. The van der Waals surface area contributed by atoms with Gasteiger partial charge in [-0.15, -0.1) is 0 Å². The van der Waals surface area contributed by atoms with Crippen molar-refractivity contribution >= 4 is 23.6 Å². The molecule has 1 saturated carbocycles. The van der Waals surface area contributed by atoms with E-state index in [2.05, 4.69) is 20.6 Å². The minimum atomic E-state index is -2.84. The Morgan fingerprint density at radius 2 is 2.17 bits per heavy atom. The zero-order chi connectivity index (χ0) is 20.8. The number of rotatable bonds is 6. The van der Waals surface area contributed by atoms with Crippen LogP contribution in [0.2, 0.25) is 0 Å². The third-order valence-corrected chi connectivity index (χ3v) is 5.76. The average Bonchev–Trinajstić information content (AvgIpc) is 3.25. The van der Waals surface area contributed by atoms with Gasteiger partial charge in [0.1, 0.15) is 5.92 Å². The molecule has 1 aliphatic carbocycles. The maximum Gasteiger partial charge on any atom is 0.260 e. The van der Waals surface area contributed by atoms with Crippen LogP contribution in [0.3, 0.4) is 0 Å². The monoisotopic (exact) mass is 402 g/mol. The number of fused-ring (bicyclic) bond motifs is 2. The number of nitrogens with one attached hydrogen (secondary N) is 3. The zero-order valence-corrected chi connectivity index (χ0v) is 16.4. The van der Waals surface area contributed by atoms with Crippen molar-refractivity contribution in [3.8, 4) is 0 Å². The van der Waals surface area contributed by atoms with E-state index in [9.17, 15) is 13.6 Å². The molecule has 0 radical (unpaired) electrons. The van der Waals surface area contributed by atoms with Gasteiger partial charge in [0.05, 0.1) is 17.4 Å². The van der Waals surface area contributed by atoms with E-state index in [0.29, 0.717) is 18.1 Å². The van der Waals surface area contributed by atoms with Crippen molar-refractivity contribution in [3.05, 3.63) is 35.4 Å². The Kier molecular flexibility index (Phi) is 4.84. The molecule has 0 aromatic carbocycles. The third-order valence-electron chi connectivity index (χ3n) is 5.76. The summed E-state index contributed by atoms with van der Waals surface area (Å²) < 4.78 is 26.8. The lowest BCUT2D eigenvalue weighted by atomic mass is 9.96. The number of anilines is 1. The molecule has 4 rings (SSSR count). The Bertz CT molecular complexity index is 912. The third kappa shape index (κ3) is 3.61. The van der Waals surface area contributed by atoms with Gasteiger partial charge >= 0.3 is 0 Å². The van der Waals surface area contributed by atoms with Crippen LogP contribution < -0.4 is 10.6 Å². The summed E-state index contributed by atoms with van der Waals surface area (Å²) in [5, 5.41) is 13.3. The van der Waals surface area contributed by atoms with Gasteiger partial charge in [0.2, 0.25) is 11.9 Å². The van der Waals surface area contributed by atoms with Gasteiger partial charge in [-0.25, -0.2) is 18.7 Å². The van der Waals surface area contributed by atoms with Gasteiger partial charge in [0, 0.05) is 38.1 Å². The van der Waals surface area contributed by atoms with Crippen LogP contribution in [0.4, 0.5) is 14.7 Å². The fraction of sp³-hybridized carbons (Fsp3) is 0.500. The molecule has 154 valence electrons. The van der Waals surface area contributed by atoms with Crippen molar-refractivity contribution in [2.24, 2.45) is 5.92 Å². The molecule has 3 aliphatic rings. The number of carbonyl (C=O) groups excluding carboxylic acids is 1. The van der Waals surface area contributed by atoms with Gasteiger partial charge in [0.25, 0.3) is 5.92 Å². The Balaban J connectivity index is 1.57. The lowest BCUT2D eigenvalue weighted by molar-refractivity contribution is -0.137. The molecule has 1 saturated heterocycles. The minimum absolute atomic E-state index is 0.0593. The van der Waals surface area contributed by atoms with Crippen molar-refractivity contribution in [2.75, 3.05) is 12.4 Å². The van der Waals surface area contributed by atoms with E-state index < -0.39 is 17.7 Å². The molecule has 9 heteroatoms. The Labute approximate surface area is 167 Å². The highest BCUT2D eigenvalue weighted by atomic mass is 19.3. The van der Waals surface area contributed by atoms with Gasteiger partial charge in [0.15, 0.2) is 0 Å². The Hall–Kier alpha value is -2.84. The molecule has 2 aliphatic heterocycles. The number of allylic oxidation sites excluding steroid dienone is 1. The van der Waals surface area contributed by atoms with Crippen molar-refractivity contribution in [2.45, 2.75) is 50.6 Å². The van der Waals surface area contributed by atoms with Gasteiger partial charge in [-0.3, -0.25) is 4.79 Å². The molecule has 0 spiro atoms. The smallest absolute Gasteiger partial charge is 0.260 e. The second-order valence-electron chi connectivity index (χ2n) is 7.84. The van der Waals surface area contributed by atoms with Crippen LogP contribution in [0.1, 0.15) is 36.9 Å². The molecule has 3 heterocycles. The van der Waals surface area contributed by atoms with Crippen LogP contribution in [0.5, 0.6) is 0 Å². The Morgan fingerprint density at radius 1 is 1.41 bits per heavy atom. The van der Waals surface area contributed by atoms with E-state index in [-0.39, 0.29) is 18.5 Å². The predicted molar refractivity (Wildman–Crippen MR) is 106 cm³/mol. The van der Waals surface area contributed by atoms with Crippen LogP contribution in [0, 0.1) is 18.3 Å². The first-order valence-corrected chi connectivity index (χ1v) is 9.73. The molecule has 3 N–H and O–H groups in total. The van der Waals surface area contributed by atoms with Crippen LogP contribution in [-0.2, 0) is 4.79 Å². The number of carbonyl (C=O) groups is 1. The summed E-state index contributed by atoms with van der Waals surface area (Å²) in [6.07, 6.45) is 8.39. The van der Waals surface area contributed by atoms with E-state index in [1.165, 1.54) is 0 Å². The Morgan fingerprint density at radius 3 is 2.79 bits per heavy atom. The summed E-state index contributed by atoms with van der Waals surface area (Å²) in [7, 11) is 1.74. The number of nitrogens with zero attached hydrogens (tertiary/aromatic N) is 3. The maximum atomic E-state index is 13.4. The largest absolute Gasteiger partial charge is 0.392 e. The molecule has 2 fully saturated rings. The molecule has 1 aromatic rings. The summed E-state index contributed by atoms with van der Waals surface area (Å²) in [4.78, 5) is 23.1. The van der Waals surface area contributed by atoms with E-state index in [0.717, 1.165) is 35.9 Å². The van der Waals surface area contributed by atoms with Gasteiger partial charge in [-0.05, 0) is 37.3 Å². The number of hydrogen-bond acceptors (Lipinski definition) is 6. The fourth-order valence-electron chi connectivity index (χ4n) is 4.24. The van der Waals surface area contributed by atoms with Crippen LogP contribution in [0.15, 0.2) is 24.2 Å². The van der Waals surface area contributed by atoms with Crippen LogP contribution in [0.25, 0.3) is 5.57 Å². The minimum Gasteiger partial charge on any atom is -0.392 e. The molecule has 29 heavy (non-hydrogen) atoms. The van der Waals surface area contributed by atoms with Crippen molar-refractivity contribution in [1.82, 2.24) is 20.2 Å². The number of aryl methyl sites for hydroxylation is 1. The maximum absolute atomic E-state index is 13.4. The van der Waals surface area contributed by atoms with Crippen LogP contribution >= 0.6 is 0 Å². The molecule has 3 unspecified atom stereocenters. The van der Waals surface area contributed by atoms with Gasteiger partial charge in [-0.1, -0.05) is 6.08 Å². The second-order valence-corrected chi connectivity index (χ2v) is 7.84. The lowest BCUT2D eigenvalue weighted by Crippen LogP contribution is -2.44. The quantitative estimate of drug-likeness (QED) is 0.636. The molecule has 1 amide bonds. The number of amides is 1. The standard InChI is InChI=1S/C20H24F2N6O/c1-11-9-25-19(26-13(8-23)10-24-2)27-17(11)12-5-14-3-4-15(6-12)28(14)18(29)16-7-20(16,21)22/h5,8-10,14-16,23-24H,3-4,6-7H2,1-2H3,(H,25,26,27)/b13-10+,23-8?. The number of halogens is 2. The molecule has 3 atom stereocenters. The van der Waals surface area contributed by atoms with Crippen molar-refractivity contribution < 1.29 is 13.6 Å².